The van der Waals surface area contributed by atoms with Gasteiger partial charge in [0.05, 0.1) is 29.7 Å². The Labute approximate surface area is 119 Å². The molecule has 0 saturated heterocycles. The first-order chi connectivity index (χ1) is 9.58. The van der Waals surface area contributed by atoms with Crippen LogP contribution in [0.2, 0.25) is 0 Å². The smallest absolute Gasteiger partial charge is 0.142 e. The van der Waals surface area contributed by atoms with Crippen LogP contribution in [0.4, 0.5) is 11.4 Å². The van der Waals surface area contributed by atoms with Gasteiger partial charge in [0, 0.05) is 12.7 Å². The highest BCUT2D eigenvalue weighted by molar-refractivity contribution is 5.73. The fourth-order valence-electron chi connectivity index (χ4n) is 2.25. The molecule has 0 aliphatic rings. The number of pyridine rings is 1. The number of nitrogens with zero attached hydrogens (tertiary/aromatic N) is 3. The lowest BCUT2D eigenvalue weighted by Gasteiger charge is -2.23. The molecule has 0 N–H and O–H groups in total. The Morgan fingerprint density at radius 1 is 1.20 bits per heavy atom. The van der Waals surface area contributed by atoms with Crippen molar-refractivity contribution < 1.29 is 4.74 Å². The summed E-state index contributed by atoms with van der Waals surface area (Å²) < 4.78 is 5.38. The Bertz CT molecular complexity index is 674. The highest BCUT2D eigenvalue weighted by Crippen LogP contribution is 2.34. The Hall–Kier alpha value is -2.54. The number of aromatic nitrogens is 1. The SMILES string of the molecule is COc1ccccc1N(C)c1cc(C)nc(C)c1C#N. The minimum atomic E-state index is 0.587. The largest absolute Gasteiger partial charge is 0.495 e. The van der Waals surface area contributed by atoms with Crippen LogP contribution in [0.3, 0.4) is 0 Å². The highest BCUT2D eigenvalue weighted by Gasteiger charge is 2.15. The summed E-state index contributed by atoms with van der Waals surface area (Å²) in [5.41, 5.74) is 3.96. The minimum Gasteiger partial charge on any atom is -0.495 e. The molecule has 102 valence electrons. The Balaban J connectivity index is 2.59. The Kier molecular flexibility index (Phi) is 3.90. The van der Waals surface area contributed by atoms with E-state index in [4.69, 9.17) is 4.74 Å². The van der Waals surface area contributed by atoms with Gasteiger partial charge < -0.3 is 9.64 Å². The molecule has 0 atom stereocenters. The molecule has 0 radical (unpaired) electrons. The van der Waals surface area contributed by atoms with E-state index in [0.29, 0.717) is 5.56 Å². The van der Waals surface area contributed by atoms with Gasteiger partial charge in [0.1, 0.15) is 11.8 Å². The molecule has 4 nitrogen and oxygen atoms in total. The quantitative estimate of drug-likeness (QED) is 0.855. The van der Waals surface area contributed by atoms with Gasteiger partial charge >= 0.3 is 0 Å². The van der Waals surface area contributed by atoms with Gasteiger partial charge in [0.25, 0.3) is 0 Å². The van der Waals surface area contributed by atoms with E-state index in [9.17, 15) is 5.26 Å². The van der Waals surface area contributed by atoms with Gasteiger partial charge in [-0.15, -0.1) is 0 Å². The number of rotatable bonds is 3. The lowest BCUT2D eigenvalue weighted by molar-refractivity contribution is 0.415. The lowest BCUT2D eigenvalue weighted by Crippen LogP contribution is -2.13. The second-order valence-corrected chi connectivity index (χ2v) is 4.59. The van der Waals surface area contributed by atoms with E-state index >= 15 is 0 Å². The van der Waals surface area contributed by atoms with Crippen LogP contribution in [-0.2, 0) is 0 Å². The first-order valence-corrected chi connectivity index (χ1v) is 6.33. The highest BCUT2D eigenvalue weighted by atomic mass is 16.5. The van der Waals surface area contributed by atoms with Gasteiger partial charge in [-0.05, 0) is 32.0 Å². The standard InChI is InChI=1S/C16H17N3O/c1-11-9-15(13(10-17)12(2)18-11)19(3)14-7-5-6-8-16(14)20-4/h5-9H,1-4H3. The number of aryl methyl sites for hydroxylation is 2. The van der Waals surface area contributed by atoms with Crippen LogP contribution < -0.4 is 9.64 Å². The van der Waals surface area contributed by atoms with Crippen molar-refractivity contribution >= 4 is 11.4 Å². The summed E-state index contributed by atoms with van der Waals surface area (Å²) in [6, 6.07) is 11.9. The normalized spacial score (nSPS) is 9.95. The minimum absolute atomic E-state index is 0.587. The van der Waals surface area contributed by atoms with E-state index < -0.39 is 0 Å². The average Bonchev–Trinajstić information content (AvgIpc) is 2.45. The molecular weight excluding hydrogens is 250 g/mol. The van der Waals surface area contributed by atoms with Gasteiger partial charge in [-0.3, -0.25) is 4.98 Å². The van der Waals surface area contributed by atoms with Gasteiger partial charge in [-0.25, -0.2) is 0 Å². The number of anilines is 2. The zero-order chi connectivity index (χ0) is 14.7. The summed E-state index contributed by atoms with van der Waals surface area (Å²) in [5.74, 6) is 0.769. The van der Waals surface area contributed by atoms with Crippen LogP contribution in [0.5, 0.6) is 5.75 Å². The molecule has 0 aliphatic heterocycles. The van der Waals surface area contributed by atoms with E-state index in [1.54, 1.807) is 7.11 Å². The third kappa shape index (κ3) is 2.43. The van der Waals surface area contributed by atoms with Crippen LogP contribution >= 0.6 is 0 Å². The zero-order valence-electron chi connectivity index (χ0n) is 12.1. The molecule has 2 aromatic rings. The summed E-state index contributed by atoms with van der Waals surface area (Å²) >= 11 is 0. The predicted octanol–water partition coefficient (Wildman–Crippen LogP) is 3.35. The maximum absolute atomic E-state index is 9.36. The van der Waals surface area contributed by atoms with Crippen molar-refractivity contribution in [3.05, 3.63) is 47.3 Å². The third-order valence-electron chi connectivity index (χ3n) is 3.23. The van der Waals surface area contributed by atoms with Crippen molar-refractivity contribution in [3.63, 3.8) is 0 Å². The fraction of sp³-hybridized carbons (Fsp3) is 0.250. The molecule has 20 heavy (non-hydrogen) atoms. The molecule has 1 aromatic heterocycles. The predicted molar refractivity (Wildman–Crippen MR) is 79.5 cm³/mol. The molecule has 0 amide bonds. The lowest BCUT2D eigenvalue weighted by atomic mass is 10.1. The molecule has 0 aliphatic carbocycles. The van der Waals surface area contributed by atoms with Crippen LogP contribution in [0, 0.1) is 25.2 Å². The number of ether oxygens (including phenoxy) is 1. The van der Waals surface area contributed by atoms with Crippen molar-refractivity contribution in [2.45, 2.75) is 13.8 Å². The van der Waals surface area contributed by atoms with Crippen LogP contribution in [0.1, 0.15) is 17.0 Å². The van der Waals surface area contributed by atoms with E-state index in [1.165, 1.54) is 0 Å². The zero-order valence-corrected chi connectivity index (χ0v) is 12.1. The van der Waals surface area contributed by atoms with Gasteiger partial charge in [-0.2, -0.15) is 5.26 Å². The van der Waals surface area contributed by atoms with Gasteiger partial charge in [0.2, 0.25) is 0 Å². The van der Waals surface area contributed by atoms with Crippen molar-refractivity contribution in [2.75, 3.05) is 19.1 Å². The molecule has 0 fully saturated rings. The Morgan fingerprint density at radius 2 is 1.90 bits per heavy atom. The summed E-state index contributed by atoms with van der Waals surface area (Å²) in [7, 11) is 3.56. The van der Waals surface area contributed by atoms with Gasteiger partial charge in [-0.1, -0.05) is 12.1 Å². The first-order valence-electron chi connectivity index (χ1n) is 6.33. The topological polar surface area (TPSA) is 49.1 Å². The second kappa shape index (κ2) is 5.62. The molecule has 2 rings (SSSR count). The number of hydrogen-bond acceptors (Lipinski definition) is 4. The molecule has 1 heterocycles. The summed E-state index contributed by atoms with van der Waals surface area (Å²) in [6.07, 6.45) is 0. The molecule has 0 bridgehead atoms. The third-order valence-corrected chi connectivity index (χ3v) is 3.23. The van der Waals surface area contributed by atoms with Crippen LogP contribution in [-0.4, -0.2) is 19.1 Å². The maximum atomic E-state index is 9.36. The second-order valence-electron chi connectivity index (χ2n) is 4.59. The molecule has 0 unspecified atom stereocenters. The number of nitriles is 1. The molecular formula is C16H17N3O. The van der Waals surface area contributed by atoms with E-state index in [-0.39, 0.29) is 0 Å². The van der Waals surface area contributed by atoms with E-state index in [1.807, 2.05) is 56.1 Å². The van der Waals surface area contributed by atoms with Gasteiger partial charge in [0.15, 0.2) is 0 Å². The fourth-order valence-corrected chi connectivity index (χ4v) is 2.25. The van der Waals surface area contributed by atoms with Crippen LogP contribution in [0.15, 0.2) is 30.3 Å². The Morgan fingerprint density at radius 3 is 2.55 bits per heavy atom. The summed E-state index contributed by atoms with van der Waals surface area (Å²) in [5, 5.41) is 9.36. The monoisotopic (exact) mass is 267 g/mol. The summed E-state index contributed by atoms with van der Waals surface area (Å²) in [6.45, 7) is 3.78. The summed E-state index contributed by atoms with van der Waals surface area (Å²) in [4.78, 5) is 6.30. The molecule has 4 heteroatoms. The average molecular weight is 267 g/mol. The number of methoxy groups -OCH3 is 1. The van der Waals surface area contributed by atoms with Crippen molar-refractivity contribution in [1.82, 2.24) is 4.98 Å². The first kappa shape index (κ1) is 13.9. The maximum Gasteiger partial charge on any atom is 0.142 e. The molecule has 1 aromatic carbocycles. The molecule has 0 saturated carbocycles. The van der Waals surface area contributed by atoms with Crippen LogP contribution in [0.25, 0.3) is 0 Å². The van der Waals surface area contributed by atoms with E-state index in [2.05, 4.69) is 11.1 Å². The molecule has 0 spiro atoms. The number of para-hydroxylation sites is 2. The number of hydrogen-bond donors (Lipinski definition) is 0. The van der Waals surface area contributed by atoms with Crippen molar-refractivity contribution in [2.24, 2.45) is 0 Å². The van der Waals surface area contributed by atoms with Crippen molar-refractivity contribution in [3.8, 4) is 11.8 Å². The van der Waals surface area contributed by atoms with Crippen molar-refractivity contribution in [1.29, 1.82) is 5.26 Å². The number of benzene rings is 1. The van der Waals surface area contributed by atoms with E-state index in [0.717, 1.165) is 28.5 Å².